The number of hydrogen-bond donors (Lipinski definition) is 2. The number of nitrogens with zero attached hydrogens (tertiary/aromatic N) is 3. The van der Waals surface area contributed by atoms with E-state index in [2.05, 4.69) is 25.8 Å². The van der Waals surface area contributed by atoms with Gasteiger partial charge in [-0.1, -0.05) is 11.3 Å². The Labute approximate surface area is 140 Å². The van der Waals surface area contributed by atoms with Crippen molar-refractivity contribution in [1.29, 1.82) is 0 Å². The molecule has 1 aromatic carbocycles. The van der Waals surface area contributed by atoms with Gasteiger partial charge in [-0.3, -0.25) is 10.3 Å². The molecule has 2 amide bonds. The van der Waals surface area contributed by atoms with Gasteiger partial charge in [-0.25, -0.2) is 4.79 Å². The highest BCUT2D eigenvalue weighted by molar-refractivity contribution is 7.18. The summed E-state index contributed by atoms with van der Waals surface area (Å²) in [5.74, 6) is 1.26. The molecule has 1 aliphatic heterocycles. The number of nitrogens with one attached hydrogen (secondary N) is 2. The molecule has 0 saturated heterocycles. The number of benzene rings is 1. The fourth-order valence-corrected chi connectivity index (χ4v) is 2.86. The molecule has 0 bridgehead atoms. The highest BCUT2D eigenvalue weighted by Gasteiger charge is 2.15. The fourth-order valence-electron chi connectivity index (χ4n) is 2.12. The average molecular weight is 341 g/mol. The van der Waals surface area contributed by atoms with Crippen molar-refractivity contribution < 1.29 is 14.3 Å². The van der Waals surface area contributed by atoms with Gasteiger partial charge in [-0.15, -0.1) is 10.2 Å². The van der Waals surface area contributed by atoms with E-state index in [1.807, 2.05) is 12.1 Å². The minimum Gasteiger partial charge on any atom is -0.454 e. The molecule has 2 N–H and O–H groups in total. The molecule has 0 spiro atoms. The summed E-state index contributed by atoms with van der Waals surface area (Å²) in [4.78, 5) is 16.0. The zero-order valence-electron chi connectivity index (χ0n) is 12.2. The molecule has 0 aliphatic carbocycles. The summed E-state index contributed by atoms with van der Waals surface area (Å²) in [5.41, 5.74) is 1.49. The van der Waals surface area contributed by atoms with Crippen LogP contribution < -0.4 is 20.1 Å². The van der Waals surface area contributed by atoms with Crippen LogP contribution in [0.2, 0.25) is 0 Å². The molecule has 1 aliphatic rings. The van der Waals surface area contributed by atoms with Gasteiger partial charge in [0.2, 0.25) is 11.9 Å². The van der Waals surface area contributed by atoms with E-state index in [1.165, 1.54) is 11.3 Å². The molecule has 0 fully saturated rings. The monoisotopic (exact) mass is 341 g/mol. The maximum atomic E-state index is 12.1. The van der Waals surface area contributed by atoms with Crippen molar-refractivity contribution >= 4 is 28.2 Å². The topological polar surface area (TPSA) is 98.3 Å². The van der Waals surface area contributed by atoms with Crippen LogP contribution in [0.3, 0.4) is 0 Å². The number of rotatable bonds is 3. The summed E-state index contributed by atoms with van der Waals surface area (Å²) in [6, 6.07) is 8.42. The van der Waals surface area contributed by atoms with E-state index in [0.717, 1.165) is 5.56 Å². The predicted molar refractivity (Wildman–Crippen MR) is 88.3 cm³/mol. The highest BCUT2D eigenvalue weighted by atomic mass is 32.1. The van der Waals surface area contributed by atoms with Crippen LogP contribution in [0.1, 0.15) is 0 Å². The number of carbonyl (C=O) groups is 1. The second-order valence-electron chi connectivity index (χ2n) is 4.80. The van der Waals surface area contributed by atoms with E-state index < -0.39 is 6.03 Å². The minimum absolute atomic E-state index is 0.188. The van der Waals surface area contributed by atoms with Gasteiger partial charge in [0.15, 0.2) is 11.5 Å². The number of fused-ring (bicyclic) bond motifs is 1. The van der Waals surface area contributed by atoms with E-state index in [1.54, 1.807) is 30.6 Å². The third-order valence-corrected chi connectivity index (χ3v) is 4.09. The van der Waals surface area contributed by atoms with Crippen LogP contribution in [0.15, 0.2) is 42.7 Å². The summed E-state index contributed by atoms with van der Waals surface area (Å²) >= 11 is 1.28. The Morgan fingerprint density at radius 1 is 1.04 bits per heavy atom. The molecule has 9 heteroatoms. The molecule has 24 heavy (non-hydrogen) atoms. The molecule has 2 aromatic heterocycles. The number of anilines is 2. The Kier molecular flexibility index (Phi) is 3.67. The molecule has 0 atom stereocenters. The number of aromatic nitrogens is 3. The van der Waals surface area contributed by atoms with Crippen molar-refractivity contribution in [2.45, 2.75) is 0 Å². The zero-order chi connectivity index (χ0) is 16.4. The van der Waals surface area contributed by atoms with E-state index >= 15 is 0 Å². The zero-order valence-corrected chi connectivity index (χ0v) is 13.0. The molecule has 0 saturated carbocycles. The molecule has 120 valence electrons. The summed E-state index contributed by atoms with van der Waals surface area (Å²) < 4.78 is 10.5. The molecule has 3 aromatic rings. The molecule has 8 nitrogen and oxygen atoms in total. The van der Waals surface area contributed by atoms with Gasteiger partial charge >= 0.3 is 6.03 Å². The standard InChI is InChI=1S/C15H11N5O3S/c21-14(17-10-1-2-11-12(7-10)23-8-22-11)18-15-20-19-13(24-15)9-3-5-16-6-4-9/h1-7H,8H2,(H2,17,18,20,21). The normalized spacial score (nSPS) is 12.0. The van der Waals surface area contributed by atoms with E-state index in [4.69, 9.17) is 9.47 Å². The molecule has 0 radical (unpaired) electrons. The lowest BCUT2D eigenvalue weighted by Crippen LogP contribution is -2.19. The first-order valence-electron chi connectivity index (χ1n) is 6.99. The van der Waals surface area contributed by atoms with Gasteiger partial charge in [-0.2, -0.15) is 0 Å². The Bertz CT molecular complexity index is 884. The van der Waals surface area contributed by atoms with Gasteiger partial charge in [0.25, 0.3) is 0 Å². The van der Waals surface area contributed by atoms with Gasteiger partial charge < -0.3 is 14.8 Å². The molecule has 0 unspecified atom stereocenters. The van der Waals surface area contributed by atoms with Gasteiger partial charge in [0.05, 0.1) is 0 Å². The van der Waals surface area contributed by atoms with Crippen LogP contribution in [0.5, 0.6) is 11.5 Å². The molecule has 4 rings (SSSR count). The summed E-state index contributed by atoms with van der Waals surface area (Å²) in [7, 11) is 0. The molecule has 3 heterocycles. The lowest BCUT2D eigenvalue weighted by molar-refractivity contribution is 0.174. The lowest BCUT2D eigenvalue weighted by atomic mass is 10.3. The fraction of sp³-hybridized carbons (Fsp3) is 0.0667. The van der Waals surface area contributed by atoms with Crippen molar-refractivity contribution in [2.75, 3.05) is 17.4 Å². The number of carbonyl (C=O) groups excluding carboxylic acids is 1. The van der Waals surface area contributed by atoms with Crippen molar-refractivity contribution in [2.24, 2.45) is 0 Å². The highest BCUT2D eigenvalue weighted by Crippen LogP contribution is 2.34. The summed E-state index contributed by atoms with van der Waals surface area (Å²) in [6.45, 7) is 0.188. The smallest absolute Gasteiger partial charge is 0.325 e. The van der Waals surface area contributed by atoms with E-state index in [-0.39, 0.29) is 6.79 Å². The number of amides is 2. The molecular weight excluding hydrogens is 330 g/mol. The van der Waals surface area contributed by atoms with Gasteiger partial charge in [-0.05, 0) is 24.3 Å². The number of urea groups is 1. The third kappa shape index (κ3) is 2.97. The molecular formula is C15H11N5O3S. The van der Waals surface area contributed by atoms with Crippen molar-refractivity contribution in [3.05, 3.63) is 42.7 Å². The average Bonchev–Trinajstić information content (AvgIpc) is 3.24. The maximum Gasteiger partial charge on any atom is 0.325 e. The first kappa shape index (κ1) is 14.4. The minimum atomic E-state index is -0.411. The van der Waals surface area contributed by atoms with Gasteiger partial charge in [0.1, 0.15) is 5.01 Å². The number of ether oxygens (including phenoxy) is 2. The Balaban J connectivity index is 1.42. The predicted octanol–water partition coefficient (Wildman–Crippen LogP) is 2.97. The largest absolute Gasteiger partial charge is 0.454 e. The van der Waals surface area contributed by atoms with Crippen molar-refractivity contribution in [3.63, 3.8) is 0 Å². The van der Waals surface area contributed by atoms with Crippen LogP contribution >= 0.6 is 11.3 Å². The second kappa shape index (κ2) is 6.13. The quantitative estimate of drug-likeness (QED) is 0.760. The second-order valence-corrected chi connectivity index (χ2v) is 5.77. The number of hydrogen-bond acceptors (Lipinski definition) is 7. The number of pyridine rings is 1. The first-order valence-corrected chi connectivity index (χ1v) is 7.81. The van der Waals surface area contributed by atoms with Crippen molar-refractivity contribution in [1.82, 2.24) is 15.2 Å². The Morgan fingerprint density at radius 2 is 1.88 bits per heavy atom. The third-order valence-electron chi connectivity index (χ3n) is 3.20. The Hall–Kier alpha value is -3.20. The van der Waals surface area contributed by atoms with Crippen LogP contribution in [0.4, 0.5) is 15.6 Å². The van der Waals surface area contributed by atoms with Crippen LogP contribution in [-0.2, 0) is 0 Å². The van der Waals surface area contributed by atoms with Crippen LogP contribution in [-0.4, -0.2) is 28.0 Å². The van der Waals surface area contributed by atoms with Crippen molar-refractivity contribution in [3.8, 4) is 22.1 Å². The SMILES string of the molecule is O=C(Nc1ccc2c(c1)OCO2)Nc1nnc(-c2ccncc2)s1. The summed E-state index contributed by atoms with van der Waals surface area (Å²) in [5, 5.41) is 14.5. The van der Waals surface area contributed by atoms with E-state index in [0.29, 0.717) is 27.3 Å². The van der Waals surface area contributed by atoms with Crippen LogP contribution in [0, 0.1) is 0 Å². The maximum absolute atomic E-state index is 12.1. The first-order chi connectivity index (χ1) is 11.8. The van der Waals surface area contributed by atoms with Gasteiger partial charge in [0, 0.05) is 29.7 Å². The van der Waals surface area contributed by atoms with Crippen LogP contribution in [0.25, 0.3) is 10.6 Å². The summed E-state index contributed by atoms with van der Waals surface area (Å²) in [6.07, 6.45) is 3.35. The lowest BCUT2D eigenvalue weighted by Gasteiger charge is -2.05. The van der Waals surface area contributed by atoms with E-state index in [9.17, 15) is 4.79 Å². The Morgan fingerprint density at radius 3 is 2.75 bits per heavy atom.